The van der Waals surface area contributed by atoms with E-state index >= 15 is 0 Å². The first-order valence-corrected chi connectivity index (χ1v) is 12.8. The van der Waals surface area contributed by atoms with Gasteiger partial charge < -0.3 is 0 Å². The highest BCUT2D eigenvalue weighted by Crippen LogP contribution is 2.39. The number of carbonyl (C=O) groups is 3. The minimum absolute atomic E-state index is 0.196. The van der Waals surface area contributed by atoms with Crippen LogP contribution in [-0.2, 0) is 14.4 Å². The van der Waals surface area contributed by atoms with E-state index in [2.05, 4.69) is 0 Å². The summed E-state index contributed by atoms with van der Waals surface area (Å²) in [5.41, 5.74) is 6.72. The number of carbonyl (C=O) groups excluding carboxylic acids is 3. The molecule has 0 fully saturated rings. The van der Waals surface area contributed by atoms with Crippen LogP contribution in [0.4, 0.5) is 34.1 Å². The molecule has 0 aliphatic heterocycles. The Morgan fingerprint density at radius 1 is 0.410 bits per heavy atom. The van der Waals surface area contributed by atoms with E-state index in [1.54, 1.807) is 14.7 Å². The van der Waals surface area contributed by atoms with E-state index in [0.29, 0.717) is 34.1 Å². The summed E-state index contributed by atoms with van der Waals surface area (Å²) in [6, 6.07) is 28.4. The Hall–Kier alpha value is -4.71. The summed E-state index contributed by atoms with van der Waals surface area (Å²) in [5, 5.41) is 0. The van der Waals surface area contributed by atoms with Crippen molar-refractivity contribution in [2.24, 2.45) is 0 Å². The van der Waals surface area contributed by atoms with Gasteiger partial charge in [-0.15, -0.1) is 0 Å². The van der Waals surface area contributed by atoms with E-state index < -0.39 is 0 Å². The second-order valence-corrected chi connectivity index (χ2v) is 9.79. The van der Waals surface area contributed by atoms with Crippen molar-refractivity contribution < 1.29 is 14.4 Å². The van der Waals surface area contributed by atoms with Gasteiger partial charge in [-0.1, -0.05) is 36.4 Å². The lowest BCUT2D eigenvalue weighted by atomic mass is 10.1. The van der Waals surface area contributed by atoms with Gasteiger partial charge in [-0.2, -0.15) is 0 Å². The van der Waals surface area contributed by atoms with Crippen molar-refractivity contribution in [3.8, 4) is 0 Å². The molecule has 0 unspecified atom stereocenters. The molecule has 0 N–H and O–H groups in total. The maximum atomic E-state index is 13.1. The third-order valence-electron chi connectivity index (χ3n) is 6.39. The van der Waals surface area contributed by atoms with Crippen molar-refractivity contribution in [3.63, 3.8) is 0 Å². The van der Waals surface area contributed by atoms with Crippen LogP contribution in [0, 0.1) is 20.8 Å². The highest BCUT2D eigenvalue weighted by Gasteiger charge is 2.24. The summed E-state index contributed by atoms with van der Waals surface area (Å²) < 4.78 is 0. The Balaban J connectivity index is 2.02. The smallest absolute Gasteiger partial charge is 0.228 e. The number of amides is 3. The van der Waals surface area contributed by atoms with Gasteiger partial charge in [-0.25, -0.2) is 0 Å². The van der Waals surface area contributed by atoms with Crippen molar-refractivity contribution in [1.29, 1.82) is 0 Å². The SMILES string of the molecule is CC(=O)N(c1cccc(C)c1)c1cc(N(C(C)=O)c2cccc(C)c2)cc(N(C(C)=O)c2cccc(C)c2)c1. The summed E-state index contributed by atoms with van der Waals surface area (Å²) in [6.07, 6.45) is 0. The fourth-order valence-corrected chi connectivity index (χ4v) is 4.81. The molecule has 0 spiro atoms. The second kappa shape index (κ2) is 11.4. The molecule has 0 aromatic heterocycles. The summed E-state index contributed by atoms with van der Waals surface area (Å²) in [7, 11) is 0. The van der Waals surface area contributed by atoms with Crippen molar-refractivity contribution in [1.82, 2.24) is 0 Å². The number of rotatable bonds is 6. The van der Waals surface area contributed by atoms with Gasteiger partial charge in [0.2, 0.25) is 17.7 Å². The molecule has 39 heavy (non-hydrogen) atoms. The van der Waals surface area contributed by atoms with Gasteiger partial charge in [0.15, 0.2) is 0 Å². The lowest BCUT2D eigenvalue weighted by Crippen LogP contribution is -2.27. The molecule has 0 saturated heterocycles. The van der Waals surface area contributed by atoms with Crippen molar-refractivity contribution >= 4 is 51.8 Å². The number of hydrogen-bond acceptors (Lipinski definition) is 3. The van der Waals surface area contributed by atoms with E-state index in [1.807, 2.05) is 112 Å². The molecule has 0 aliphatic rings. The van der Waals surface area contributed by atoms with E-state index in [-0.39, 0.29) is 17.7 Å². The maximum absolute atomic E-state index is 13.1. The lowest BCUT2D eigenvalue weighted by Gasteiger charge is -2.29. The molecule has 4 rings (SSSR count). The first-order valence-electron chi connectivity index (χ1n) is 12.8. The van der Waals surface area contributed by atoms with Gasteiger partial charge in [0.1, 0.15) is 0 Å². The van der Waals surface area contributed by atoms with E-state index in [0.717, 1.165) is 16.7 Å². The van der Waals surface area contributed by atoms with Gasteiger partial charge in [-0.3, -0.25) is 29.1 Å². The Bertz CT molecular complexity index is 1360. The molecule has 0 bridgehead atoms. The molecular weight excluding hydrogens is 486 g/mol. The summed E-state index contributed by atoms with van der Waals surface area (Å²) in [4.78, 5) is 44.0. The summed E-state index contributed by atoms with van der Waals surface area (Å²) >= 11 is 0. The van der Waals surface area contributed by atoms with Crippen LogP contribution >= 0.6 is 0 Å². The minimum Gasteiger partial charge on any atom is -0.281 e. The highest BCUT2D eigenvalue weighted by molar-refractivity contribution is 6.06. The lowest BCUT2D eigenvalue weighted by molar-refractivity contribution is -0.116. The second-order valence-electron chi connectivity index (χ2n) is 9.79. The summed E-state index contributed by atoms with van der Waals surface area (Å²) in [6.45, 7) is 10.4. The third kappa shape index (κ3) is 6.07. The molecule has 6 heteroatoms. The molecule has 0 radical (unpaired) electrons. The number of nitrogens with zero attached hydrogens (tertiary/aromatic N) is 3. The normalized spacial score (nSPS) is 10.6. The molecule has 4 aromatic rings. The molecule has 4 aromatic carbocycles. The van der Waals surface area contributed by atoms with Crippen LogP contribution < -0.4 is 14.7 Å². The topological polar surface area (TPSA) is 60.9 Å². The first kappa shape index (κ1) is 27.3. The predicted octanol–water partition coefficient (Wildman–Crippen LogP) is 7.67. The number of hydrogen-bond donors (Lipinski definition) is 0. The Kier molecular flexibility index (Phi) is 7.96. The largest absolute Gasteiger partial charge is 0.281 e. The average Bonchev–Trinajstić information content (AvgIpc) is 2.84. The Morgan fingerprint density at radius 2 is 0.667 bits per heavy atom. The Morgan fingerprint density at radius 3 is 0.872 bits per heavy atom. The molecule has 0 saturated carbocycles. The number of anilines is 6. The maximum Gasteiger partial charge on any atom is 0.228 e. The standard InChI is InChI=1S/C33H33N3O3/c1-22-10-7-13-28(16-22)34(25(4)37)31-19-32(35(26(5)38)29-14-8-11-23(2)17-29)21-33(20-31)36(27(6)39)30-15-9-12-24(3)18-30/h7-21H,1-6H3. The molecule has 0 atom stereocenters. The molecular formula is C33H33N3O3. The Labute approximate surface area is 230 Å². The molecule has 198 valence electrons. The van der Waals surface area contributed by atoms with Gasteiger partial charge >= 0.3 is 0 Å². The van der Waals surface area contributed by atoms with Gasteiger partial charge in [0.25, 0.3) is 0 Å². The highest BCUT2D eigenvalue weighted by atomic mass is 16.2. The average molecular weight is 520 g/mol. The predicted molar refractivity (Wildman–Crippen MR) is 158 cm³/mol. The fourth-order valence-electron chi connectivity index (χ4n) is 4.81. The van der Waals surface area contributed by atoms with Crippen LogP contribution in [0.15, 0.2) is 91.0 Å². The molecule has 0 aliphatic carbocycles. The number of aryl methyl sites for hydroxylation is 3. The van der Waals surface area contributed by atoms with Gasteiger partial charge in [-0.05, 0) is 92.1 Å². The molecule has 3 amide bonds. The quantitative estimate of drug-likeness (QED) is 0.263. The molecule has 0 heterocycles. The third-order valence-corrected chi connectivity index (χ3v) is 6.39. The van der Waals surface area contributed by atoms with Crippen molar-refractivity contribution in [2.75, 3.05) is 14.7 Å². The minimum atomic E-state index is -0.196. The van der Waals surface area contributed by atoms with Gasteiger partial charge in [0, 0.05) is 37.8 Å². The van der Waals surface area contributed by atoms with E-state index in [9.17, 15) is 14.4 Å². The summed E-state index contributed by atoms with van der Waals surface area (Å²) in [5.74, 6) is -0.587. The van der Waals surface area contributed by atoms with Crippen LogP contribution in [0.1, 0.15) is 37.5 Å². The number of benzene rings is 4. The zero-order valence-corrected chi connectivity index (χ0v) is 23.2. The monoisotopic (exact) mass is 519 g/mol. The van der Waals surface area contributed by atoms with Crippen LogP contribution in [0.3, 0.4) is 0 Å². The zero-order valence-electron chi connectivity index (χ0n) is 23.2. The van der Waals surface area contributed by atoms with Crippen molar-refractivity contribution in [3.05, 3.63) is 108 Å². The zero-order chi connectivity index (χ0) is 28.3. The van der Waals surface area contributed by atoms with Gasteiger partial charge in [0.05, 0.1) is 17.1 Å². The van der Waals surface area contributed by atoms with E-state index in [1.165, 1.54) is 20.8 Å². The fraction of sp³-hybridized carbons (Fsp3) is 0.182. The molecule has 6 nitrogen and oxygen atoms in total. The van der Waals surface area contributed by atoms with Crippen molar-refractivity contribution in [2.45, 2.75) is 41.5 Å². The van der Waals surface area contributed by atoms with Crippen LogP contribution in [0.25, 0.3) is 0 Å². The van der Waals surface area contributed by atoms with Crippen LogP contribution in [-0.4, -0.2) is 17.7 Å². The van der Waals surface area contributed by atoms with E-state index in [4.69, 9.17) is 0 Å². The first-order chi connectivity index (χ1) is 18.5. The van der Waals surface area contributed by atoms with Crippen LogP contribution in [0.5, 0.6) is 0 Å². The van der Waals surface area contributed by atoms with Crippen LogP contribution in [0.2, 0.25) is 0 Å².